The largest absolute Gasteiger partial charge is 0.481 e. The SMILES string of the molecule is NC(C=CS(=O)(=O)c1ccccc1)CCC(=O)O. The van der Waals surface area contributed by atoms with Gasteiger partial charge in [0.25, 0.3) is 0 Å². The Labute approximate surface area is 106 Å². The molecular formula is C12H15NO4S. The Kier molecular flexibility index (Phi) is 5.06. The molecule has 0 heterocycles. The van der Waals surface area contributed by atoms with E-state index in [-0.39, 0.29) is 17.7 Å². The number of carbonyl (C=O) groups is 1. The molecule has 0 aromatic heterocycles. The van der Waals surface area contributed by atoms with E-state index in [1.165, 1.54) is 18.2 Å². The van der Waals surface area contributed by atoms with E-state index in [2.05, 4.69) is 0 Å². The molecule has 1 aromatic rings. The van der Waals surface area contributed by atoms with Crippen molar-refractivity contribution in [2.24, 2.45) is 5.73 Å². The third-order valence-corrected chi connectivity index (χ3v) is 3.71. The van der Waals surface area contributed by atoms with Crippen molar-refractivity contribution in [2.45, 2.75) is 23.8 Å². The zero-order valence-electron chi connectivity index (χ0n) is 9.69. The highest BCUT2D eigenvalue weighted by molar-refractivity contribution is 7.94. The van der Waals surface area contributed by atoms with Gasteiger partial charge in [-0.3, -0.25) is 4.79 Å². The first-order valence-corrected chi connectivity index (χ1v) is 6.92. The van der Waals surface area contributed by atoms with Crippen molar-refractivity contribution < 1.29 is 18.3 Å². The maximum atomic E-state index is 11.8. The second-order valence-corrected chi connectivity index (χ2v) is 5.62. The van der Waals surface area contributed by atoms with Gasteiger partial charge in [-0.05, 0) is 18.6 Å². The van der Waals surface area contributed by atoms with Crippen LogP contribution >= 0.6 is 0 Å². The molecule has 0 bridgehead atoms. The topological polar surface area (TPSA) is 97.5 Å². The summed E-state index contributed by atoms with van der Waals surface area (Å²) in [6, 6.07) is 7.38. The first-order valence-electron chi connectivity index (χ1n) is 5.37. The highest BCUT2D eigenvalue weighted by Crippen LogP contribution is 2.11. The maximum absolute atomic E-state index is 11.8. The minimum Gasteiger partial charge on any atom is -0.481 e. The molecule has 1 rings (SSSR count). The summed E-state index contributed by atoms with van der Waals surface area (Å²) >= 11 is 0. The van der Waals surface area contributed by atoms with E-state index in [1.807, 2.05) is 0 Å². The van der Waals surface area contributed by atoms with Crippen LogP contribution in [-0.4, -0.2) is 25.5 Å². The fourth-order valence-corrected chi connectivity index (χ4v) is 2.38. The standard InChI is InChI=1S/C12H15NO4S/c13-10(6-7-12(14)15)8-9-18(16,17)11-4-2-1-3-5-11/h1-5,8-10H,6-7,13H2,(H,14,15). The third kappa shape index (κ3) is 4.68. The van der Waals surface area contributed by atoms with Crippen LogP contribution < -0.4 is 5.73 Å². The molecule has 3 N–H and O–H groups in total. The van der Waals surface area contributed by atoms with Gasteiger partial charge in [-0.15, -0.1) is 0 Å². The lowest BCUT2D eigenvalue weighted by Crippen LogP contribution is -2.18. The molecule has 0 saturated carbocycles. The third-order valence-electron chi connectivity index (χ3n) is 2.27. The number of aliphatic carboxylic acids is 1. The zero-order valence-corrected chi connectivity index (χ0v) is 10.5. The van der Waals surface area contributed by atoms with Crippen molar-refractivity contribution in [1.82, 2.24) is 0 Å². The normalized spacial score (nSPS) is 13.6. The quantitative estimate of drug-likeness (QED) is 0.807. The predicted octanol–water partition coefficient (Wildman–Crippen LogP) is 1.17. The van der Waals surface area contributed by atoms with Gasteiger partial charge in [-0.1, -0.05) is 24.3 Å². The summed E-state index contributed by atoms with van der Waals surface area (Å²) in [4.78, 5) is 10.5. The van der Waals surface area contributed by atoms with Crippen molar-refractivity contribution in [2.75, 3.05) is 0 Å². The Hall–Kier alpha value is -1.66. The van der Waals surface area contributed by atoms with E-state index < -0.39 is 21.8 Å². The van der Waals surface area contributed by atoms with Gasteiger partial charge in [0.05, 0.1) is 4.90 Å². The van der Waals surface area contributed by atoms with Crippen LogP contribution in [0.2, 0.25) is 0 Å². The highest BCUT2D eigenvalue weighted by Gasteiger charge is 2.10. The summed E-state index contributed by atoms with van der Waals surface area (Å²) < 4.78 is 23.6. The van der Waals surface area contributed by atoms with Crippen molar-refractivity contribution in [1.29, 1.82) is 0 Å². The Morgan fingerprint density at radius 2 is 1.94 bits per heavy atom. The second-order valence-electron chi connectivity index (χ2n) is 3.78. The van der Waals surface area contributed by atoms with E-state index >= 15 is 0 Å². The Morgan fingerprint density at radius 3 is 2.50 bits per heavy atom. The predicted molar refractivity (Wildman–Crippen MR) is 67.6 cm³/mol. The maximum Gasteiger partial charge on any atom is 0.303 e. The van der Waals surface area contributed by atoms with Crippen LogP contribution in [0.15, 0.2) is 46.7 Å². The number of hydrogen-bond donors (Lipinski definition) is 2. The van der Waals surface area contributed by atoms with Gasteiger partial charge in [0.1, 0.15) is 0 Å². The summed E-state index contributed by atoms with van der Waals surface area (Å²) in [5.74, 6) is -0.954. The smallest absolute Gasteiger partial charge is 0.303 e. The number of carboxylic acid groups (broad SMARTS) is 1. The Balaban J connectivity index is 2.69. The number of sulfone groups is 1. The van der Waals surface area contributed by atoms with Crippen LogP contribution in [0.5, 0.6) is 0 Å². The molecule has 0 fully saturated rings. The average Bonchev–Trinajstić information content (AvgIpc) is 2.35. The molecule has 5 nitrogen and oxygen atoms in total. The van der Waals surface area contributed by atoms with Crippen LogP contribution in [0.3, 0.4) is 0 Å². The van der Waals surface area contributed by atoms with Crippen molar-refractivity contribution in [3.05, 3.63) is 41.8 Å². The van der Waals surface area contributed by atoms with Crippen LogP contribution in [0.4, 0.5) is 0 Å². The van der Waals surface area contributed by atoms with Crippen LogP contribution in [-0.2, 0) is 14.6 Å². The Bertz CT molecular complexity index is 522. The molecule has 0 aliphatic carbocycles. The molecule has 0 amide bonds. The number of carboxylic acids is 1. The first kappa shape index (κ1) is 14.4. The summed E-state index contributed by atoms with van der Waals surface area (Å²) in [5, 5.41) is 9.49. The van der Waals surface area contributed by atoms with Crippen LogP contribution in [0, 0.1) is 0 Å². The van der Waals surface area contributed by atoms with Crippen molar-refractivity contribution in [3.8, 4) is 0 Å². The lowest BCUT2D eigenvalue weighted by Gasteiger charge is -2.04. The molecule has 0 aliphatic rings. The van der Waals surface area contributed by atoms with Gasteiger partial charge in [0.2, 0.25) is 0 Å². The minimum absolute atomic E-state index is 0.0864. The number of rotatable bonds is 6. The average molecular weight is 269 g/mol. The Morgan fingerprint density at radius 1 is 1.33 bits per heavy atom. The molecule has 0 spiro atoms. The summed E-state index contributed by atoms with van der Waals surface area (Å²) in [7, 11) is -3.50. The molecule has 1 unspecified atom stereocenters. The molecule has 6 heteroatoms. The van der Waals surface area contributed by atoms with Crippen molar-refractivity contribution in [3.63, 3.8) is 0 Å². The number of hydrogen-bond acceptors (Lipinski definition) is 4. The molecule has 1 atom stereocenters. The summed E-state index contributed by atoms with van der Waals surface area (Å²) in [5.41, 5.74) is 5.59. The first-order chi connectivity index (χ1) is 8.42. The van der Waals surface area contributed by atoms with Gasteiger partial charge < -0.3 is 10.8 Å². The fourth-order valence-electron chi connectivity index (χ4n) is 1.28. The number of benzene rings is 1. The van der Waals surface area contributed by atoms with Gasteiger partial charge in [0.15, 0.2) is 9.84 Å². The van der Waals surface area contributed by atoms with Crippen molar-refractivity contribution >= 4 is 15.8 Å². The van der Waals surface area contributed by atoms with Gasteiger partial charge >= 0.3 is 5.97 Å². The van der Waals surface area contributed by atoms with E-state index in [0.717, 1.165) is 5.41 Å². The van der Waals surface area contributed by atoms with Gasteiger partial charge in [0, 0.05) is 17.9 Å². The molecular weight excluding hydrogens is 254 g/mol. The van der Waals surface area contributed by atoms with Gasteiger partial charge in [-0.25, -0.2) is 8.42 Å². The second kappa shape index (κ2) is 6.32. The molecule has 0 aliphatic heterocycles. The molecule has 1 aromatic carbocycles. The van der Waals surface area contributed by atoms with Gasteiger partial charge in [-0.2, -0.15) is 0 Å². The van der Waals surface area contributed by atoms with Crippen LogP contribution in [0.1, 0.15) is 12.8 Å². The molecule has 18 heavy (non-hydrogen) atoms. The zero-order chi connectivity index (χ0) is 13.6. The number of nitrogens with two attached hydrogens (primary N) is 1. The van der Waals surface area contributed by atoms with E-state index in [4.69, 9.17) is 10.8 Å². The van der Waals surface area contributed by atoms with E-state index in [1.54, 1.807) is 18.2 Å². The van der Waals surface area contributed by atoms with E-state index in [0.29, 0.717) is 0 Å². The minimum atomic E-state index is -3.50. The lowest BCUT2D eigenvalue weighted by atomic mass is 10.2. The van der Waals surface area contributed by atoms with Crippen LogP contribution in [0.25, 0.3) is 0 Å². The highest BCUT2D eigenvalue weighted by atomic mass is 32.2. The molecule has 98 valence electrons. The summed E-state index contributed by atoms with van der Waals surface area (Å²) in [6.45, 7) is 0. The lowest BCUT2D eigenvalue weighted by molar-refractivity contribution is -0.137. The molecule has 0 radical (unpaired) electrons. The molecule has 0 saturated heterocycles. The fraction of sp³-hybridized carbons (Fsp3) is 0.250. The monoisotopic (exact) mass is 269 g/mol. The van der Waals surface area contributed by atoms with E-state index in [9.17, 15) is 13.2 Å². The summed E-state index contributed by atoms with van der Waals surface area (Å²) in [6.07, 6.45) is 1.43.